The molecule has 1 aromatic rings. The highest BCUT2D eigenvalue weighted by Gasteiger charge is 2.27. The minimum absolute atomic E-state index is 0.213. The molecule has 1 unspecified atom stereocenters. The molecule has 2 heterocycles. The highest BCUT2D eigenvalue weighted by atomic mass is 79.9. The van der Waals surface area contributed by atoms with Gasteiger partial charge in [-0.05, 0) is 44.9 Å². The van der Waals surface area contributed by atoms with Gasteiger partial charge in [0.2, 0.25) is 11.8 Å². The van der Waals surface area contributed by atoms with E-state index in [1.807, 2.05) is 26.8 Å². The zero-order valence-electron chi connectivity index (χ0n) is 17.7. The highest BCUT2D eigenvalue weighted by Crippen LogP contribution is 2.26. The van der Waals surface area contributed by atoms with Crippen molar-refractivity contribution in [3.63, 3.8) is 0 Å². The topological polar surface area (TPSA) is 91.0 Å². The molecule has 30 heavy (non-hydrogen) atoms. The van der Waals surface area contributed by atoms with Crippen LogP contribution in [0.3, 0.4) is 0 Å². The van der Waals surface area contributed by atoms with Gasteiger partial charge in [0.05, 0.1) is 6.04 Å². The highest BCUT2D eigenvalue weighted by molar-refractivity contribution is 9.10. The molecule has 0 saturated carbocycles. The summed E-state index contributed by atoms with van der Waals surface area (Å²) in [4.78, 5) is 39.3. The van der Waals surface area contributed by atoms with E-state index in [2.05, 4.69) is 43.6 Å². The number of hydrogen-bond acceptors (Lipinski definition) is 6. The Morgan fingerprint density at radius 1 is 1.23 bits per heavy atom. The number of nitrogens with zero attached hydrogens (tertiary/aromatic N) is 2. The van der Waals surface area contributed by atoms with E-state index in [0.717, 1.165) is 28.8 Å². The number of hydrogen-bond donors (Lipinski definition) is 2. The van der Waals surface area contributed by atoms with Crippen LogP contribution >= 0.6 is 15.9 Å². The van der Waals surface area contributed by atoms with Crippen LogP contribution in [0.25, 0.3) is 0 Å². The lowest BCUT2D eigenvalue weighted by molar-refractivity contribution is -0.134. The summed E-state index contributed by atoms with van der Waals surface area (Å²) < 4.78 is 6.40. The normalized spacial score (nSPS) is 20.2. The van der Waals surface area contributed by atoms with E-state index in [1.165, 1.54) is 0 Å². The van der Waals surface area contributed by atoms with E-state index in [-0.39, 0.29) is 23.9 Å². The van der Waals surface area contributed by atoms with Crippen LogP contribution < -0.4 is 15.5 Å². The van der Waals surface area contributed by atoms with Gasteiger partial charge in [-0.3, -0.25) is 14.9 Å². The van der Waals surface area contributed by atoms with Crippen molar-refractivity contribution < 1.29 is 19.1 Å². The van der Waals surface area contributed by atoms with Crippen molar-refractivity contribution >= 4 is 39.5 Å². The van der Waals surface area contributed by atoms with Crippen molar-refractivity contribution in [2.45, 2.75) is 51.8 Å². The first-order chi connectivity index (χ1) is 14.1. The molecular formula is C21H29BrN4O4. The molecule has 1 aromatic carbocycles. The van der Waals surface area contributed by atoms with E-state index in [4.69, 9.17) is 4.74 Å². The zero-order chi connectivity index (χ0) is 21.9. The first-order valence-corrected chi connectivity index (χ1v) is 11.0. The summed E-state index contributed by atoms with van der Waals surface area (Å²) in [6, 6.07) is 5.79. The molecule has 2 aliphatic heterocycles. The molecule has 2 fully saturated rings. The summed E-state index contributed by atoms with van der Waals surface area (Å²) in [5.74, 6) is -0.475. The van der Waals surface area contributed by atoms with E-state index in [9.17, 15) is 14.4 Å². The molecule has 1 atom stereocenters. The fourth-order valence-electron chi connectivity index (χ4n) is 3.47. The molecule has 8 nitrogen and oxygen atoms in total. The third-order valence-corrected chi connectivity index (χ3v) is 5.85. The Hall–Kier alpha value is -2.13. The van der Waals surface area contributed by atoms with Crippen LogP contribution in [0.4, 0.5) is 10.5 Å². The van der Waals surface area contributed by atoms with Crippen molar-refractivity contribution in [1.82, 2.24) is 15.5 Å². The smallest absolute Gasteiger partial charge is 0.410 e. The van der Waals surface area contributed by atoms with Crippen LogP contribution in [0.5, 0.6) is 0 Å². The lowest BCUT2D eigenvalue weighted by Gasteiger charge is -2.37. The number of piperidine rings is 1. The van der Waals surface area contributed by atoms with Gasteiger partial charge >= 0.3 is 6.09 Å². The number of nitrogens with one attached hydrogen (secondary N) is 2. The fourth-order valence-corrected chi connectivity index (χ4v) is 3.98. The molecule has 2 aliphatic rings. The van der Waals surface area contributed by atoms with Crippen LogP contribution in [-0.2, 0) is 20.9 Å². The van der Waals surface area contributed by atoms with Crippen molar-refractivity contribution in [3.05, 3.63) is 28.2 Å². The monoisotopic (exact) mass is 480 g/mol. The fraction of sp³-hybridized carbons (Fsp3) is 0.571. The van der Waals surface area contributed by atoms with Gasteiger partial charge in [0.15, 0.2) is 0 Å². The number of benzene rings is 1. The number of amides is 3. The second kappa shape index (κ2) is 9.34. The minimum Gasteiger partial charge on any atom is -0.444 e. The number of piperazine rings is 1. The van der Waals surface area contributed by atoms with Gasteiger partial charge in [-0.25, -0.2) is 4.79 Å². The van der Waals surface area contributed by atoms with Crippen LogP contribution in [0.1, 0.15) is 39.2 Å². The van der Waals surface area contributed by atoms with E-state index < -0.39 is 5.60 Å². The standard InChI is InChI=1S/C21H29BrN4O4/c1-21(2,3)30-20(29)26-10-8-25(9-11-26)15-5-4-14(16(22)12-15)13-23-17-6-7-18(27)24-19(17)28/h4-5,12,17,23H,6-11,13H2,1-3H3,(H,24,27,28). The largest absolute Gasteiger partial charge is 0.444 e. The average molecular weight is 481 g/mol. The minimum atomic E-state index is -0.489. The quantitative estimate of drug-likeness (QED) is 0.642. The van der Waals surface area contributed by atoms with Gasteiger partial charge in [-0.15, -0.1) is 0 Å². The molecule has 3 amide bonds. The molecule has 0 aliphatic carbocycles. The Balaban J connectivity index is 1.52. The maximum absolute atomic E-state index is 12.2. The number of anilines is 1. The molecule has 9 heteroatoms. The van der Waals surface area contributed by atoms with Crippen molar-refractivity contribution in [3.8, 4) is 0 Å². The number of ether oxygens (including phenoxy) is 1. The zero-order valence-corrected chi connectivity index (χ0v) is 19.3. The number of carbonyl (C=O) groups excluding carboxylic acids is 3. The number of imide groups is 1. The second-order valence-corrected chi connectivity index (χ2v) is 9.47. The lowest BCUT2D eigenvalue weighted by atomic mass is 10.1. The van der Waals surface area contributed by atoms with E-state index >= 15 is 0 Å². The molecule has 0 aromatic heterocycles. The van der Waals surface area contributed by atoms with E-state index in [1.54, 1.807) is 4.90 Å². The van der Waals surface area contributed by atoms with Crippen LogP contribution in [0.2, 0.25) is 0 Å². The van der Waals surface area contributed by atoms with Gasteiger partial charge in [0.25, 0.3) is 0 Å². The van der Waals surface area contributed by atoms with Crippen molar-refractivity contribution in [2.24, 2.45) is 0 Å². The maximum Gasteiger partial charge on any atom is 0.410 e. The predicted octanol–water partition coefficient (Wildman–Crippen LogP) is 2.40. The second-order valence-electron chi connectivity index (χ2n) is 8.61. The summed E-state index contributed by atoms with van der Waals surface area (Å²) in [5, 5.41) is 5.58. The number of halogens is 1. The van der Waals surface area contributed by atoms with Gasteiger partial charge < -0.3 is 19.9 Å². The Bertz CT molecular complexity index is 816. The Morgan fingerprint density at radius 3 is 2.53 bits per heavy atom. The molecule has 0 radical (unpaired) electrons. The molecule has 0 spiro atoms. The first kappa shape index (κ1) is 22.6. The number of carbonyl (C=O) groups is 3. The summed E-state index contributed by atoms with van der Waals surface area (Å²) in [6.07, 6.45) is 0.611. The average Bonchev–Trinajstić information content (AvgIpc) is 2.67. The van der Waals surface area contributed by atoms with Crippen LogP contribution in [-0.4, -0.2) is 60.6 Å². The van der Waals surface area contributed by atoms with Gasteiger partial charge in [0, 0.05) is 49.3 Å². The summed E-state index contributed by atoms with van der Waals surface area (Å²) in [5.41, 5.74) is 1.63. The molecule has 0 bridgehead atoms. The molecule has 3 rings (SSSR count). The first-order valence-electron chi connectivity index (χ1n) is 10.2. The number of rotatable bonds is 4. The Morgan fingerprint density at radius 2 is 1.93 bits per heavy atom. The third-order valence-electron chi connectivity index (χ3n) is 5.11. The summed E-state index contributed by atoms with van der Waals surface area (Å²) in [6.45, 7) is 8.84. The summed E-state index contributed by atoms with van der Waals surface area (Å²) >= 11 is 3.63. The lowest BCUT2D eigenvalue weighted by Crippen LogP contribution is -2.50. The Kier molecular flexibility index (Phi) is 7.02. The third kappa shape index (κ3) is 5.95. The van der Waals surface area contributed by atoms with Gasteiger partial charge in [-0.2, -0.15) is 0 Å². The van der Waals surface area contributed by atoms with E-state index in [0.29, 0.717) is 32.5 Å². The predicted molar refractivity (Wildman–Crippen MR) is 117 cm³/mol. The maximum atomic E-state index is 12.2. The molecular weight excluding hydrogens is 452 g/mol. The molecule has 164 valence electrons. The van der Waals surface area contributed by atoms with Crippen LogP contribution in [0, 0.1) is 0 Å². The van der Waals surface area contributed by atoms with Crippen molar-refractivity contribution in [1.29, 1.82) is 0 Å². The van der Waals surface area contributed by atoms with Gasteiger partial charge in [0.1, 0.15) is 5.60 Å². The molecule has 2 saturated heterocycles. The summed E-state index contributed by atoms with van der Waals surface area (Å²) in [7, 11) is 0. The van der Waals surface area contributed by atoms with Crippen LogP contribution in [0.15, 0.2) is 22.7 Å². The Labute approximate surface area is 185 Å². The SMILES string of the molecule is CC(C)(C)OC(=O)N1CCN(c2ccc(CNC3CCC(=O)NC3=O)c(Br)c2)CC1. The van der Waals surface area contributed by atoms with Crippen molar-refractivity contribution in [2.75, 3.05) is 31.1 Å². The molecule has 2 N–H and O–H groups in total. The van der Waals surface area contributed by atoms with Gasteiger partial charge in [-0.1, -0.05) is 22.0 Å².